The summed E-state index contributed by atoms with van der Waals surface area (Å²) in [6, 6.07) is 3.22. The van der Waals surface area contributed by atoms with Gasteiger partial charge in [-0.25, -0.2) is 0 Å². The quantitative estimate of drug-likeness (QED) is 0.868. The number of hydrogen-bond acceptors (Lipinski definition) is 2. The molecule has 1 unspecified atom stereocenters. The van der Waals surface area contributed by atoms with E-state index in [4.69, 9.17) is 0 Å². The number of aliphatic hydroxyl groups excluding tert-OH is 1. The van der Waals surface area contributed by atoms with Gasteiger partial charge in [0.2, 0.25) is 0 Å². The van der Waals surface area contributed by atoms with Gasteiger partial charge in [-0.1, -0.05) is 18.9 Å². The summed E-state index contributed by atoms with van der Waals surface area (Å²) in [6.45, 7) is 1.52. The monoisotopic (exact) mass is 274 g/mol. The van der Waals surface area contributed by atoms with Gasteiger partial charge in [-0.2, -0.15) is 13.2 Å². The highest BCUT2D eigenvalue weighted by Gasteiger charge is 2.40. The second-order valence-corrected chi connectivity index (χ2v) is 5.28. The number of aryl methyl sites for hydroxylation is 1. The standard InChI is InChI=1S/C14H17F3O2/c1-9-8-10(14(15,16)17)4-5-11(9)12(18)13(19)6-2-3-7-13/h4-5,8,12,18-19H,2-3,6-7H2,1H3. The Bertz CT molecular complexity index is 462. The summed E-state index contributed by atoms with van der Waals surface area (Å²) in [5.41, 5.74) is -1.22. The fraction of sp³-hybridized carbons (Fsp3) is 0.571. The van der Waals surface area contributed by atoms with Crippen molar-refractivity contribution < 1.29 is 23.4 Å². The lowest BCUT2D eigenvalue weighted by Crippen LogP contribution is -2.33. The average molecular weight is 274 g/mol. The van der Waals surface area contributed by atoms with Gasteiger partial charge < -0.3 is 10.2 Å². The van der Waals surface area contributed by atoms with E-state index in [0.717, 1.165) is 25.0 Å². The second kappa shape index (κ2) is 4.80. The molecule has 0 saturated heterocycles. The number of rotatable bonds is 2. The van der Waals surface area contributed by atoms with Crippen LogP contribution in [-0.4, -0.2) is 15.8 Å². The van der Waals surface area contributed by atoms with Crippen LogP contribution in [0.2, 0.25) is 0 Å². The van der Waals surface area contributed by atoms with Crippen LogP contribution in [-0.2, 0) is 6.18 Å². The molecule has 106 valence electrons. The number of halogens is 3. The zero-order valence-electron chi connectivity index (χ0n) is 10.7. The maximum atomic E-state index is 12.6. The third kappa shape index (κ3) is 2.77. The fourth-order valence-corrected chi connectivity index (χ4v) is 2.71. The number of benzene rings is 1. The first-order chi connectivity index (χ1) is 8.74. The SMILES string of the molecule is Cc1cc(C(F)(F)F)ccc1C(O)C1(O)CCCC1. The Balaban J connectivity index is 2.31. The number of alkyl halides is 3. The first-order valence-corrected chi connectivity index (χ1v) is 6.32. The third-order valence-electron chi connectivity index (χ3n) is 3.87. The van der Waals surface area contributed by atoms with Crippen LogP contribution in [0.4, 0.5) is 13.2 Å². The molecule has 0 spiro atoms. The van der Waals surface area contributed by atoms with Gasteiger partial charge in [-0.15, -0.1) is 0 Å². The molecule has 1 aromatic carbocycles. The van der Waals surface area contributed by atoms with Gasteiger partial charge in [-0.05, 0) is 43.0 Å². The molecule has 1 fully saturated rings. The molecule has 1 atom stereocenters. The minimum Gasteiger partial charge on any atom is -0.387 e. The Kier molecular flexibility index (Phi) is 3.62. The van der Waals surface area contributed by atoms with Crippen LogP contribution >= 0.6 is 0 Å². The van der Waals surface area contributed by atoms with E-state index in [2.05, 4.69) is 0 Å². The Morgan fingerprint density at radius 1 is 1.21 bits per heavy atom. The minimum absolute atomic E-state index is 0.350. The summed E-state index contributed by atoms with van der Waals surface area (Å²) in [7, 11) is 0. The molecule has 1 saturated carbocycles. The van der Waals surface area contributed by atoms with Gasteiger partial charge in [0.15, 0.2) is 0 Å². The van der Waals surface area contributed by atoms with E-state index >= 15 is 0 Å². The van der Waals surface area contributed by atoms with E-state index in [9.17, 15) is 23.4 Å². The maximum Gasteiger partial charge on any atom is 0.416 e. The Morgan fingerprint density at radius 2 is 1.79 bits per heavy atom. The molecule has 1 aliphatic rings. The fourth-order valence-electron chi connectivity index (χ4n) is 2.71. The van der Waals surface area contributed by atoms with Crippen molar-refractivity contribution in [1.29, 1.82) is 0 Å². The molecule has 0 radical (unpaired) electrons. The van der Waals surface area contributed by atoms with Gasteiger partial charge in [-0.3, -0.25) is 0 Å². The summed E-state index contributed by atoms with van der Waals surface area (Å²) >= 11 is 0. The van der Waals surface area contributed by atoms with Crippen LogP contribution in [0.5, 0.6) is 0 Å². The highest BCUT2D eigenvalue weighted by molar-refractivity contribution is 5.35. The molecule has 0 bridgehead atoms. The molecule has 0 aromatic heterocycles. The van der Waals surface area contributed by atoms with E-state index in [-0.39, 0.29) is 0 Å². The molecule has 19 heavy (non-hydrogen) atoms. The first-order valence-electron chi connectivity index (χ1n) is 6.32. The normalized spacial score (nSPS) is 20.5. The molecule has 5 heteroatoms. The molecule has 2 nitrogen and oxygen atoms in total. The van der Waals surface area contributed by atoms with Crippen molar-refractivity contribution in [2.24, 2.45) is 0 Å². The van der Waals surface area contributed by atoms with Crippen molar-refractivity contribution in [2.45, 2.75) is 50.5 Å². The van der Waals surface area contributed by atoms with E-state index in [1.165, 1.54) is 13.0 Å². The van der Waals surface area contributed by atoms with Gasteiger partial charge in [0, 0.05) is 0 Å². The smallest absolute Gasteiger partial charge is 0.387 e. The van der Waals surface area contributed by atoms with Gasteiger partial charge in [0.05, 0.1) is 11.2 Å². The number of aliphatic hydroxyl groups is 2. The van der Waals surface area contributed by atoms with E-state index in [0.29, 0.717) is 24.0 Å². The third-order valence-corrected chi connectivity index (χ3v) is 3.87. The molecule has 2 rings (SSSR count). The van der Waals surface area contributed by atoms with E-state index in [1.54, 1.807) is 0 Å². The highest BCUT2D eigenvalue weighted by atomic mass is 19.4. The second-order valence-electron chi connectivity index (χ2n) is 5.28. The molecular weight excluding hydrogens is 257 g/mol. The van der Waals surface area contributed by atoms with E-state index in [1.807, 2.05) is 0 Å². The summed E-state index contributed by atoms with van der Waals surface area (Å²) in [5.74, 6) is 0. The summed E-state index contributed by atoms with van der Waals surface area (Å²) in [4.78, 5) is 0. The molecule has 1 aromatic rings. The van der Waals surface area contributed by atoms with Crippen molar-refractivity contribution in [1.82, 2.24) is 0 Å². The predicted molar refractivity (Wildman–Crippen MR) is 64.6 cm³/mol. The Labute approximate surface area is 109 Å². The van der Waals surface area contributed by atoms with Crippen LogP contribution in [0.1, 0.15) is 48.5 Å². The molecular formula is C14H17F3O2. The first kappa shape index (κ1) is 14.3. The van der Waals surface area contributed by atoms with Crippen LogP contribution in [0, 0.1) is 6.92 Å². The van der Waals surface area contributed by atoms with E-state index < -0.39 is 23.4 Å². The van der Waals surface area contributed by atoms with Crippen LogP contribution < -0.4 is 0 Å². The van der Waals surface area contributed by atoms with Gasteiger partial charge in [0.25, 0.3) is 0 Å². The van der Waals surface area contributed by atoms with Crippen molar-refractivity contribution in [3.8, 4) is 0 Å². The Hall–Kier alpha value is -1.07. The molecule has 0 amide bonds. The molecule has 2 N–H and O–H groups in total. The Morgan fingerprint density at radius 3 is 2.26 bits per heavy atom. The summed E-state index contributed by atoms with van der Waals surface area (Å²) in [6.07, 6.45) is -2.90. The van der Waals surface area contributed by atoms with Crippen molar-refractivity contribution in [3.63, 3.8) is 0 Å². The van der Waals surface area contributed by atoms with Crippen molar-refractivity contribution >= 4 is 0 Å². The lowest BCUT2D eigenvalue weighted by molar-refractivity contribution is -0.137. The van der Waals surface area contributed by atoms with Gasteiger partial charge >= 0.3 is 6.18 Å². The topological polar surface area (TPSA) is 40.5 Å². The zero-order chi connectivity index (χ0) is 14.3. The lowest BCUT2D eigenvalue weighted by atomic mass is 9.87. The minimum atomic E-state index is -4.39. The van der Waals surface area contributed by atoms with Gasteiger partial charge in [0.1, 0.15) is 6.10 Å². The van der Waals surface area contributed by atoms with Crippen LogP contribution in [0.15, 0.2) is 18.2 Å². The van der Waals surface area contributed by atoms with Crippen molar-refractivity contribution in [2.75, 3.05) is 0 Å². The lowest BCUT2D eigenvalue weighted by Gasteiger charge is -2.30. The number of hydrogen-bond donors (Lipinski definition) is 2. The average Bonchev–Trinajstić information content (AvgIpc) is 2.75. The molecule has 0 aliphatic heterocycles. The summed E-state index contributed by atoms with van der Waals surface area (Å²) < 4.78 is 37.7. The highest BCUT2D eigenvalue weighted by Crippen LogP contribution is 2.41. The maximum absolute atomic E-state index is 12.6. The largest absolute Gasteiger partial charge is 0.416 e. The van der Waals surface area contributed by atoms with Crippen molar-refractivity contribution in [3.05, 3.63) is 34.9 Å². The molecule has 0 heterocycles. The summed E-state index contributed by atoms with van der Waals surface area (Å²) in [5, 5.41) is 20.5. The van der Waals surface area contributed by atoms with Crippen LogP contribution in [0.3, 0.4) is 0 Å². The predicted octanol–water partition coefficient (Wildman–Crippen LogP) is 3.35. The zero-order valence-corrected chi connectivity index (χ0v) is 10.7. The molecule has 1 aliphatic carbocycles. The van der Waals surface area contributed by atoms with Crippen LogP contribution in [0.25, 0.3) is 0 Å².